The minimum atomic E-state index is -0.390. The van der Waals surface area contributed by atoms with E-state index in [2.05, 4.69) is 5.32 Å². The number of phenolic OH excluding ortho intramolecular Hbond substituents is 2. The minimum Gasteiger partial charge on any atom is -0.504 e. The summed E-state index contributed by atoms with van der Waals surface area (Å²) in [5.74, 6) is -0.769. The Hall–Kier alpha value is -2.08. The second-order valence-corrected chi connectivity index (χ2v) is 4.59. The molecule has 1 aromatic carbocycles. The summed E-state index contributed by atoms with van der Waals surface area (Å²) >= 11 is 0. The van der Waals surface area contributed by atoms with Gasteiger partial charge < -0.3 is 15.5 Å². The van der Waals surface area contributed by atoms with Gasteiger partial charge in [-0.25, -0.2) is 0 Å². The lowest BCUT2D eigenvalue weighted by Crippen LogP contribution is -2.51. The third-order valence-electron chi connectivity index (χ3n) is 3.24. The lowest BCUT2D eigenvalue weighted by molar-refractivity contribution is -0.148. The molecule has 0 radical (unpaired) electrons. The van der Waals surface area contributed by atoms with Gasteiger partial charge in [-0.1, -0.05) is 6.07 Å². The Balaban J connectivity index is 1.97. The monoisotopic (exact) mass is 264 g/mol. The van der Waals surface area contributed by atoms with Crippen LogP contribution in [-0.2, 0) is 16.1 Å². The van der Waals surface area contributed by atoms with Crippen LogP contribution in [0.1, 0.15) is 18.4 Å². The van der Waals surface area contributed by atoms with Crippen molar-refractivity contribution in [2.75, 3.05) is 7.05 Å². The van der Waals surface area contributed by atoms with Crippen molar-refractivity contribution >= 4 is 11.8 Å². The maximum absolute atomic E-state index is 11.8. The van der Waals surface area contributed by atoms with Crippen molar-refractivity contribution in [3.63, 3.8) is 0 Å². The quantitative estimate of drug-likeness (QED) is 0.541. The smallest absolute Gasteiger partial charge is 0.246 e. The molecule has 19 heavy (non-hydrogen) atoms. The Morgan fingerprint density at radius 3 is 2.74 bits per heavy atom. The highest BCUT2D eigenvalue weighted by Crippen LogP contribution is 2.24. The number of piperidine rings is 1. The number of benzene rings is 1. The summed E-state index contributed by atoms with van der Waals surface area (Å²) in [6.45, 7) is 0.381. The van der Waals surface area contributed by atoms with E-state index in [0.717, 1.165) is 10.5 Å². The number of carbonyl (C=O) groups excluding carboxylic acids is 2. The van der Waals surface area contributed by atoms with Crippen LogP contribution < -0.4 is 5.32 Å². The molecule has 1 aromatic rings. The lowest BCUT2D eigenvalue weighted by atomic mass is 10.0. The molecule has 0 aliphatic carbocycles. The summed E-state index contributed by atoms with van der Waals surface area (Å²) in [6.07, 6.45) is 0.826. The summed E-state index contributed by atoms with van der Waals surface area (Å²) in [5, 5.41) is 21.6. The van der Waals surface area contributed by atoms with Crippen LogP contribution in [0.2, 0.25) is 0 Å². The molecular weight excluding hydrogens is 248 g/mol. The normalized spacial score (nSPS) is 19.8. The first-order valence-electron chi connectivity index (χ1n) is 6.03. The fourth-order valence-corrected chi connectivity index (χ4v) is 2.03. The molecule has 1 aliphatic rings. The number of nitrogens with zero attached hydrogens (tertiary/aromatic N) is 1. The molecule has 2 amide bonds. The first kappa shape index (κ1) is 13.4. The van der Waals surface area contributed by atoms with Gasteiger partial charge >= 0.3 is 0 Å². The van der Waals surface area contributed by atoms with Gasteiger partial charge in [0.15, 0.2) is 11.5 Å². The van der Waals surface area contributed by atoms with Crippen molar-refractivity contribution < 1.29 is 19.8 Å². The first-order valence-corrected chi connectivity index (χ1v) is 6.03. The Morgan fingerprint density at radius 2 is 2.05 bits per heavy atom. The molecule has 1 fully saturated rings. The molecule has 1 aliphatic heterocycles. The average molecular weight is 264 g/mol. The Kier molecular flexibility index (Phi) is 3.71. The van der Waals surface area contributed by atoms with Gasteiger partial charge in [0.2, 0.25) is 11.8 Å². The fourth-order valence-electron chi connectivity index (χ4n) is 2.03. The summed E-state index contributed by atoms with van der Waals surface area (Å²) in [5.41, 5.74) is 0.752. The van der Waals surface area contributed by atoms with E-state index in [0.29, 0.717) is 19.4 Å². The van der Waals surface area contributed by atoms with Crippen molar-refractivity contribution in [3.8, 4) is 11.5 Å². The second-order valence-electron chi connectivity index (χ2n) is 4.59. The van der Waals surface area contributed by atoms with Gasteiger partial charge in [-0.05, 0) is 24.1 Å². The van der Waals surface area contributed by atoms with E-state index in [9.17, 15) is 19.8 Å². The van der Waals surface area contributed by atoms with E-state index >= 15 is 0 Å². The number of nitrogens with one attached hydrogen (secondary N) is 1. The Bertz CT molecular complexity index is 515. The van der Waals surface area contributed by atoms with Crippen LogP contribution >= 0.6 is 0 Å². The van der Waals surface area contributed by atoms with Crippen LogP contribution in [0.5, 0.6) is 11.5 Å². The number of aromatic hydroxyl groups is 2. The van der Waals surface area contributed by atoms with Crippen molar-refractivity contribution in [1.29, 1.82) is 0 Å². The number of likely N-dealkylation sites (tertiary alicyclic amines) is 1. The molecule has 3 N–H and O–H groups in total. The molecule has 1 atom stereocenters. The SMILES string of the molecule is CN1C(=O)CCC(NCc2ccc(O)c(O)c2)C1=O. The van der Waals surface area contributed by atoms with E-state index in [4.69, 9.17) is 0 Å². The van der Waals surface area contributed by atoms with Crippen LogP contribution in [0.3, 0.4) is 0 Å². The fraction of sp³-hybridized carbons (Fsp3) is 0.385. The van der Waals surface area contributed by atoms with Crippen molar-refractivity contribution in [1.82, 2.24) is 10.2 Å². The number of amides is 2. The highest BCUT2D eigenvalue weighted by atomic mass is 16.3. The second kappa shape index (κ2) is 5.27. The maximum atomic E-state index is 11.8. The zero-order valence-electron chi connectivity index (χ0n) is 10.6. The molecule has 0 bridgehead atoms. The van der Waals surface area contributed by atoms with Crippen LogP contribution in [0, 0.1) is 0 Å². The topological polar surface area (TPSA) is 89.9 Å². The van der Waals surface area contributed by atoms with Gasteiger partial charge in [-0.2, -0.15) is 0 Å². The summed E-state index contributed by atoms with van der Waals surface area (Å²) < 4.78 is 0. The third kappa shape index (κ3) is 2.85. The largest absolute Gasteiger partial charge is 0.504 e. The van der Waals surface area contributed by atoms with Crippen LogP contribution in [0.4, 0.5) is 0 Å². The van der Waals surface area contributed by atoms with E-state index in [-0.39, 0.29) is 23.3 Å². The molecule has 102 valence electrons. The molecule has 0 saturated carbocycles. The van der Waals surface area contributed by atoms with Gasteiger partial charge in [-0.3, -0.25) is 14.5 Å². The summed E-state index contributed by atoms with van der Waals surface area (Å²) in [6, 6.07) is 4.10. The molecule has 6 nitrogen and oxygen atoms in total. The van der Waals surface area contributed by atoms with Gasteiger partial charge in [0.1, 0.15) is 0 Å². The predicted molar refractivity (Wildman–Crippen MR) is 67.4 cm³/mol. The number of carbonyl (C=O) groups is 2. The standard InChI is InChI=1S/C13H16N2O4/c1-15-12(18)5-3-9(13(15)19)14-7-8-2-4-10(16)11(17)6-8/h2,4,6,9,14,16-17H,3,5,7H2,1H3. The van der Waals surface area contributed by atoms with E-state index < -0.39 is 6.04 Å². The summed E-state index contributed by atoms with van der Waals surface area (Å²) in [4.78, 5) is 24.3. The Morgan fingerprint density at radius 1 is 1.32 bits per heavy atom. The number of imide groups is 1. The van der Waals surface area contributed by atoms with Gasteiger partial charge in [-0.15, -0.1) is 0 Å². The number of hydrogen-bond donors (Lipinski definition) is 3. The highest BCUT2D eigenvalue weighted by Gasteiger charge is 2.31. The minimum absolute atomic E-state index is 0.162. The van der Waals surface area contributed by atoms with Crippen molar-refractivity contribution in [3.05, 3.63) is 23.8 Å². The summed E-state index contributed by atoms with van der Waals surface area (Å²) in [7, 11) is 1.48. The number of rotatable bonds is 3. The molecular formula is C13H16N2O4. The van der Waals surface area contributed by atoms with E-state index in [1.807, 2.05) is 0 Å². The van der Waals surface area contributed by atoms with Crippen molar-refractivity contribution in [2.24, 2.45) is 0 Å². The molecule has 0 spiro atoms. The van der Waals surface area contributed by atoms with E-state index in [1.165, 1.54) is 19.2 Å². The molecule has 1 heterocycles. The van der Waals surface area contributed by atoms with E-state index in [1.54, 1.807) is 6.07 Å². The number of hydrogen-bond acceptors (Lipinski definition) is 5. The maximum Gasteiger partial charge on any atom is 0.246 e. The van der Waals surface area contributed by atoms with Crippen LogP contribution in [0.25, 0.3) is 0 Å². The molecule has 0 aromatic heterocycles. The molecule has 6 heteroatoms. The van der Waals surface area contributed by atoms with Crippen LogP contribution in [0.15, 0.2) is 18.2 Å². The third-order valence-corrected chi connectivity index (χ3v) is 3.24. The van der Waals surface area contributed by atoms with Gasteiger partial charge in [0.25, 0.3) is 0 Å². The molecule has 1 unspecified atom stereocenters. The lowest BCUT2D eigenvalue weighted by Gasteiger charge is -2.28. The van der Waals surface area contributed by atoms with Gasteiger partial charge in [0, 0.05) is 20.0 Å². The van der Waals surface area contributed by atoms with Crippen LogP contribution in [-0.4, -0.2) is 40.0 Å². The number of likely N-dealkylation sites (N-methyl/N-ethyl adjacent to an activating group) is 1. The zero-order valence-corrected chi connectivity index (χ0v) is 10.6. The van der Waals surface area contributed by atoms with Crippen molar-refractivity contribution in [2.45, 2.75) is 25.4 Å². The number of phenols is 2. The van der Waals surface area contributed by atoms with Gasteiger partial charge in [0.05, 0.1) is 6.04 Å². The molecule has 1 saturated heterocycles. The average Bonchev–Trinajstić information content (AvgIpc) is 2.39. The first-order chi connectivity index (χ1) is 8.99. The zero-order chi connectivity index (χ0) is 14.0. The highest BCUT2D eigenvalue weighted by molar-refractivity contribution is 6.00. The predicted octanol–water partition coefficient (Wildman–Crippen LogP) is 0.335. The molecule has 2 rings (SSSR count). The Labute approximate surface area is 110 Å².